The van der Waals surface area contributed by atoms with Crippen LogP contribution in [0.1, 0.15) is 0 Å². The molecule has 0 bridgehead atoms. The molecule has 0 rings (SSSR count). The molecule has 6 heteroatoms. The molecule has 1 atom stereocenters. The molecule has 0 radical (unpaired) electrons. The molecule has 0 saturated heterocycles. The van der Waals surface area contributed by atoms with Crippen LogP contribution in [0.3, 0.4) is 0 Å². The fourth-order valence-corrected chi connectivity index (χ4v) is 0.499. The molecular formula is C5H10ClN5. The van der Waals surface area contributed by atoms with Crippen LogP contribution in [0, 0.1) is 11.5 Å². The average molecular weight is 176 g/mol. The third-order valence-corrected chi connectivity index (χ3v) is 1.46. The average Bonchev–Trinajstić information content (AvgIpc) is 2.03. The lowest BCUT2D eigenvalue weighted by Gasteiger charge is -2.14. The summed E-state index contributed by atoms with van der Waals surface area (Å²) in [5, 5.41) is 15.3. The third-order valence-electron chi connectivity index (χ3n) is 1.01. The van der Waals surface area contributed by atoms with Crippen molar-refractivity contribution >= 4 is 11.6 Å². The molecular weight excluding hydrogens is 166 g/mol. The van der Waals surface area contributed by atoms with Crippen LogP contribution in [-0.2, 0) is 0 Å². The normalized spacial score (nSPS) is 12.5. The summed E-state index contributed by atoms with van der Waals surface area (Å²) in [6.07, 6.45) is 1.88. The lowest BCUT2D eigenvalue weighted by Crippen LogP contribution is -2.30. The number of likely N-dealkylation sites (N-methyl/N-ethyl adjacent to an activating group) is 1. The van der Waals surface area contributed by atoms with Gasteiger partial charge in [-0.25, -0.2) is 0 Å². The second-order valence-corrected chi connectivity index (χ2v) is 2.31. The van der Waals surface area contributed by atoms with Crippen LogP contribution in [0.4, 0.5) is 0 Å². The predicted molar refractivity (Wildman–Crippen MR) is 41.8 cm³/mol. The van der Waals surface area contributed by atoms with E-state index in [4.69, 9.17) is 16.9 Å². The molecule has 0 aliphatic rings. The molecule has 0 aliphatic heterocycles. The van der Waals surface area contributed by atoms with E-state index in [9.17, 15) is 0 Å². The van der Waals surface area contributed by atoms with E-state index in [-0.39, 0.29) is 5.50 Å². The number of nitrogens with zero attached hydrogens (tertiary/aromatic N) is 4. The molecule has 0 amide bonds. The van der Waals surface area contributed by atoms with Gasteiger partial charge in [-0.3, -0.25) is 10.3 Å². The van der Waals surface area contributed by atoms with Gasteiger partial charge >= 0.3 is 0 Å². The highest BCUT2D eigenvalue weighted by Crippen LogP contribution is 1.97. The van der Waals surface area contributed by atoms with Crippen LogP contribution in [0.25, 0.3) is 0 Å². The largest absolute Gasteiger partial charge is 0.295 e. The van der Waals surface area contributed by atoms with Crippen molar-refractivity contribution in [3.8, 4) is 6.19 Å². The van der Waals surface area contributed by atoms with Crippen molar-refractivity contribution in [2.75, 3.05) is 20.6 Å². The standard InChI is InChI=1S/C5H10ClN5/c1-8-10-9-3-5(6)11(2)4-7/h5H,3H2,1-2H3,(H,8,9). The first-order valence-electron chi connectivity index (χ1n) is 3.00. The Hall–Kier alpha value is -1.02. The first kappa shape index (κ1) is 9.98. The zero-order chi connectivity index (χ0) is 8.69. The number of halogens is 1. The van der Waals surface area contributed by atoms with Crippen molar-refractivity contribution in [1.82, 2.24) is 10.3 Å². The van der Waals surface area contributed by atoms with E-state index in [0.29, 0.717) is 6.54 Å². The Morgan fingerprint density at radius 2 is 2.45 bits per heavy atom. The van der Waals surface area contributed by atoms with Gasteiger partial charge in [0.05, 0.1) is 13.6 Å². The van der Waals surface area contributed by atoms with Gasteiger partial charge in [-0.15, -0.1) is 0 Å². The number of nitriles is 1. The number of rotatable bonds is 4. The summed E-state index contributed by atoms with van der Waals surface area (Å²) in [6, 6.07) is 0. The number of hydrogen-bond acceptors (Lipinski definition) is 4. The predicted octanol–water partition coefficient (Wildman–Crippen LogP) is 0.551. The lowest BCUT2D eigenvalue weighted by atomic mass is 10.6. The van der Waals surface area contributed by atoms with E-state index in [1.807, 2.05) is 6.19 Å². The molecule has 0 aliphatic carbocycles. The second kappa shape index (κ2) is 5.74. The van der Waals surface area contributed by atoms with Crippen LogP contribution >= 0.6 is 11.6 Å². The van der Waals surface area contributed by atoms with Crippen molar-refractivity contribution in [2.24, 2.45) is 10.3 Å². The van der Waals surface area contributed by atoms with Crippen LogP contribution in [0.2, 0.25) is 0 Å². The smallest absolute Gasteiger partial charge is 0.180 e. The van der Waals surface area contributed by atoms with E-state index in [2.05, 4.69) is 15.8 Å². The minimum absolute atomic E-state index is 0.384. The van der Waals surface area contributed by atoms with Crippen molar-refractivity contribution in [1.29, 1.82) is 5.26 Å². The summed E-state index contributed by atoms with van der Waals surface area (Å²) in [5.41, 5.74) is 2.20. The Bertz CT molecular complexity index is 163. The van der Waals surface area contributed by atoms with Gasteiger partial charge in [-0.2, -0.15) is 10.4 Å². The van der Waals surface area contributed by atoms with Crippen molar-refractivity contribution < 1.29 is 0 Å². The number of nitrogens with one attached hydrogen (secondary N) is 1. The maximum absolute atomic E-state index is 8.37. The maximum Gasteiger partial charge on any atom is 0.180 e. The highest BCUT2D eigenvalue weighted by atomic mass is 35.5. The Balaban J connectivity index is 3.53. The van der Waals surface area contributed by atoms with Gasteiger partial charge in [0.25, 0.3) is 0 Å². The molecule has 1 N–H and O–H groups in total. The Morgan fingerprint density at radius 3 is 2.91 bits per heavy atom. The number of alkyl halides is 1. The van der Waals surface area contributed by atoms with Crippen LogP contribution in [0.15, 0.2) is 10.3 Å². The Morgan fingerprint density at radius 1 is 1.82 bits per heavy atom. The summed E-state index contributed by atoms with van der Waals surface area (Å²) in [4.78, 5) is 1.32. The van der Waals surface area contributed by atoms with Crippen LogP contribution < -0.4 is 5.43 Å². The monoisotopic (exact) mass is 175 g/mol. The van der Waals surface area contributed by atoms with Gasteiger partial charge < -0.3 is 0 Å². The fraction of sp³-hybridized carbons (Fsp3) is 0.800. The summed E-state index contributed by atoms with van der Waals surface area (Å²) in [5.74, 6) is 0. The van der Waals surface area contributed by atoms with Crippen molar-refractivity contribution in [3.63, 3.8) is 0 Å². The Labute approximate surface area is 70.6 Å². The summed E-state index contributed by atoms with van der Waals surface area (Å²) in [6.45, 7) is 0.392. The molecule has 0 aromatic heterocycles. The Kier molecular flexibility index (Phi) is 5.21. The molecule has 1 unspecified atom stereocenters. The van der Waals surface area contributed by atoms with E-state index in [1.165, 1.54) is 4.90 Å². The quantitative estimate of drug-likeness (QED) is 0.170. The first-order valence-corrected chi connectivity index (χ1v) is 3.44. The van der Waals surface area contributed by atoms with E-state index in [1.54, 1.807) is 14.1 Å². The van der Waals surface area contributed by atoms with Gasteiger partial charge in [-0.05, 0) is 0 Å². The maximum atomic E-state index is 8.37. The SMILES string of the molecule is CN=NNCC(Cl)N(C)C#N. The molecule has 5 nitrogen and oxygen atoms in total. The van der Waals surface area contributed by atoms with E-state index < -0.39 is 0 Å². The molecule has 0 heterocycles. The fourth-order valence-electron chi connectivity index (χ4n) is 0.386. The second-order valence-electron chi connectivity index (χ2n) is 1.81. The summed E-state index contributed by atoms with van der Waals surface area (Å²) < 4.78 is 0. The highest BCUT2D eigenvalue weighted by molar-refractivity contribution is 6.20. The molecule has 0 aromatic rings. The first-order chi connectivity index (χ1) is 5.22. The van der Waals surface area contributed by atoms with E-state index >= 15 is 0 Å². The van der Waals surface area contributed by atoms with Crippen molar-refractivity contribution in [2.45, 2.75) is 5.50 Å². The minimum Gasteiger partial charge on any atom is -0.295 e. The third kappa shape index (κ3) is 4.39. The van der Waals surface area contributed by atoms with Gasteiger partial charge in [-0.1, -0.05) is 16.8 Å². The van der Waals surface area contributed by atoms with Gasteiger partial charge in [0.15, 0.2) is 6.19 Å². The van der Waals surface area contributed by atoms with Gasteiger partial charge in [0.1, 0.15) is 5.50 Å². The topological polar surface area (TPSA) is 63.8 Å². The highest BCUT2D eigenvalue weighted by Gasteiger charge is 2.07. The van der Waals surface area contributed by atoms with Gasteiger partial charge in [0, 0.05) is 7.05 Å². The molecule has 0 fully saturated rings. The minimum atomic E-state index is -0.384. The molecule has 11 heavy (non-hydrogen) atoms. The molecule has 0 spiro atoms. The zero-order valence-electron chi connectivity index (χ0n) is 6.45. The molecule has 62 valence electrons. The molecule has 0 aromatic carbocycles. The molecule has 0 saturated carbocycles. The summed E-state index contributed by atoms with van der Waals surface area (Å²) in [7, 11) is 3.15. The van der Waals surface area contributed by atoms with Gasteiger partial charge in [0.2, 0.25) is 0 Å². The summed E-state index contributed by atoms with van der Waals surface area (Å²) >= 11 is 5.71. The number of hydrogen-bond donors (Lipinski definition) is 1. The zero-order valence-corrected chi connectivity index (χ0v) is 7.21. The van der Waals surface area contributed by atoms with E-state index in [0.717, 1.165) is 0 Å². The van der Waals surface area contributed by atoms with Crippen LogP contribution in [-0.4, -0.2) is 31.0 Å². The van der Waals surface area contributed by atoms with Crippen molar-refractivity contribution in [3.05, 3.63) is 0 Å². The lowest BCUT2D eigenvalue weighted by molar-refractivity contribution is 0.416. The van der Waals surface area contributed by atoms with Crippen LogP contribution in [0.5, 0.6) is 0 Å².